The predicted molar refractivity (Wildman–Crippen MR) is 84.7 cm³/mol. The van der Waals surface area contributed by atoms with Crippen molar-refractivity contribution in [2.45, 2.75) is 24.7 Å². The molecule has 20 heavy (non-hydrogen) atoms. The van der Waals surface area contributed by atoms with E-state index < -0.39 is 0 Å². The Kier molecular flexibility index (Phi) is 2.50. The predicted octanol–water partition coefficient (Wildman–Crippen LogP) is 4.79. The Labute approximate surface area is 120 Å². The summed E-state index contributed by atoms with van der Waals surface area (Å²) in [4.78, 5) is 2.33. The number of benzene rings is 2. The average molecular weight is 261 g/mol. The van der Waals surface area contributed by atoms with Gasteiger partial charge in [0.05, 0.1) is 0 Å². The van der Waals surface area contributed by atoms with E-state index in [1.54, 1.807) is 0 Å². The van der Waals surface area contributed by atoms with Gasteiger partial charge in [-0.1, -0.05) is 48.6 Å². The number of anilines is 2. The van der Waals surface area contributed by atoms with Gasteiger partial charge in [-0.05, 0) is 42.5 Å². The van der Waals surface area contributed by atoms with E-state index in [1.807, 2.05) is 0 Å². The van der Waals surface area contributed by atoms with Gasteiger partial charge in [-0.15, -0.1) is 0 Å². The topological polar surface area (TPSA) is 3.24 Å². The Bertz CT molecular complexity index is 636. The third kappa shape index (κ3) is 1.44. The van der Waals surface area contributed by atoms with Crippen molar-refractivity contribution in [1.29, 1.82) is 0 Å². The average Bonchev–Trinajstić information content (AvgIpc) is 2.54. The van der Waals surface area contributed by atoms with Crippen LogP contribution in [0.15, 0.2) is 60.7 Å². The molecule has 1 nitrogen and oxygen atoms in total. The van der Waals surface area contributed by atoms with Crippen molar-refractivity contribution in [2.75, 3.05) is 11.9 Å². The summed E-state index contributed by atoms with van der Waals surface area (Å²) in [5, 5.41) is 0. The molecule has 2 aliphatic rings. The first-order chi connectivity index (χ1) is 9.83. The highest BCUT2D eigenvalue weighted by molar-refractivity contribution is 5.79. The van der Waals surface area contributed by atoms with Crippen LogP contribution in [0.3, 0.4) is 0 Å². The first-order valence-electron chi connectivity index (χ1n) is 7.43. The smallest absolute Gasteiger partial charge is 0.0453 e. The van der Waals surface area contributed by atoms with Crippen LogP contribution in [0.1, 0.15) is 30.4 Å². The zero-order valence-electron chi connectivity index (χ0n) is 11.8. The molecule has 1 heterocycles. The fourth-order valence-corrected chi connectivity index (χ4v) is 3.88. The maximum absolute atomic E-state index is 2.45. The summed E-state index contributed by atoms with van der Waals surface area (Å²) in [5.41, 5.74) is 5.68. The summed E-state index contributed by atoms with van der Waals surface area (Å²) in [7, 11) is 2.18. The third-order valence-electron chi connectivity index (χ3n) is 4.84. The van der Waals surface area contributed by atoms with Crippen LogP contribution in [-0.4, -0.2) is 7.05 Å². The molecule has 1 spiro atoms. The lowest BCUT2D eigenvalue weighted by Crippen LogP contribution is -2.35. The Balaban J connectivity index is 2.07. The van der Waals surface area contributed by atoms with Crippen molar-refractivity contribution in [1.82, 2.24) is 0 Å². The molecule has 0 N–H and O–H groups in total. The van der Waals surface area contributed by atoms with Gasteiger partial charge in [-0.25, -0.2) is 0 Å². The molecule has 2 aromatic rings. The van der Waals surface area contributed by atoms with Gasteiger partial charge in [0.2, 0.25) is 0 Å². The quantitative estimate of drug-likeness (QED) is 0.616. The minimum Gasteiger partial charge on any atom is -0.344 e. The van der Waals surface area contributed by atoms with E-state index in [4.69, 9.17) is 0 Å². The molecular weight excluding hydrogens is 242 g/mol. The van der Waals surface area contributed by atoms with Crippen LogP contribution < -0.4 is 4.90 Å². The van der Waals surface area contributed by atoms with E-state index in [9.17, 15) is 0 Å². The van der Waals surface area contributed by atoms with Gasteiger partial charge >= 0.3 is 0 Å². The SMILES string of the molecule is CN1c2ccccc2C2(C=CCCC2)c2ccccc21. The Morgan fingerprint density at radius 1 is 0.900 bits per heavy atom. The van der Waals surface area contributed by atoms with Crippen LogP contribution in [0.25, 0.3) is 0 Å². The van der Waals surface area contributed by atoms with E-state index >= 15 is 0 Å². The number of fused-ring (bicyclic) bond motifs is 4. The van der Waals surface area contributed by atoms with Gasteiger partial charge in [-0.2, -0.15) is 0 Å². The summed E-state index contributed by atoms with van der Waals surface area (Å²) < 4.78 is 0. The third-order valence-corrected chi connectivity index (χ3v) is 4.84. The second-order valence-corrected chi connectivity index (χ2v) is 5.86. The fourth-order valence-electron chi connectivity index (χ4n) is 3.88. The van der Waals surface area contributed by atoms with Crippen molar-refractivity contribution < 1.29 is 0 Å². The highest BCUT2D eigenvalue weighted by Gasteiger charge is 2.40. The van der Waals surface area contributed by atoms with Crippen LogP contribution in [0, 0.1) is 0 Å². The molecule has 0 atom stereocenters. The van der Waals surface area contributed by atoms with Gasteiger partial charge in [0, 0.05) is 23.8 Å². The van der Waals surface area contributed by atoms with Crippen molar-refractivity contribution in [3.05, 3.63) is 71.8 Å². The lowest BCUT2D eigenvalue weighted by Gasteiger charge is -2.44. The van der Waals surface area contributed by atoms with E-state index in [2.05, 4.69) is 72.6 Å². The van der Waals surface area contributed by atoms with Crippen LogP contribution in [-0.2, 0) is 5.41 Å². The second kappa shape index (κ2) is 4.24. The lowest BCUT2D eigenvalue weighted by molar-refractivity contribution is 0.525. The lowest BCUT2D eigenvalue weighted by atomic mass is 9.66. The van der Waals surface area contributed by atoms with Crippen LogP contribution in [0.5, 0.6) is 0 Å². The summed E-state index contributed by atoms with van der Waals surface area (Å²) in [6.07, 6.45) is 8.50. The van der Waals surface area contributed by atoms with Gasteiger partial charge in [0.1, 0.15) is 0 Å². The molecule has 0 amide bonds. The van der Waals surface area contributed by atoms with Gasteiger partial charge in [-0.3, -0.25) is 0 Å². The molecule has 0 fully saturated rings. The molecule has 0 radical (unpaired) electrons. The number of rotatable bonds is 0. The first kappa shape index (κ1) is 11.8. The van der Waals surface area contributed by atoms with E-state index in [-0.39, 0.29) is 5.41 Å². The van der Waals surface area contributed by atoms with Gasteiger partial charge < -0.3 is 4.90 Å². The Morgan fingerprint density at radius 3 is 2.05 bits per heavy atom. The number of hydrogen-bond acceptors (Lipinski definition) is 1. The van der Waals surface area contributed by atoms with E-state index in [0.717, 1.165) is 0 Å². The monoisotopic (exact) mass is 261 g/mol. The molecule has 100 valence electrons. The van der Waals surface area contributed by atoms with Crippen molar-refractivity contribution >= 4 is 11.4 Å². The van der Waals surface area contributed by atoms with Crippen LogP contribution in [0.2, 0.25) is 0 Å². The van der Waals surface area contributed by atoms with Crippen LogP contribution >= 0.6 is 0 Å². The molecule has 0 saturated heterocycles. The zero-order valence-corrected chi connectivity index (χ0v) is 11.8. The Morgan fingerprint density at radius 2 is 1.50 bits per heavy atom. The standard InChI is InChI=1S/C19H19N/c1-20-17-11-5-3-9-15(17)19(13-7-2-8-14-19)16-10-4-6-12-18(16)20/h3-7,9-13H,2,8,14H2,1H3. The minimum atomic E-state index is 0.0813. The van der Waals surface area contributed by atoms with Crippen molar-refractivity contribution in [3.8, 4) is 0 Å². The molecule has 0 aromatic heterocycles. The first-order valence-corrected chi connectivity index (χ1v) is 7.43. The van der Waals surface area contributed by atoms with Crippen LogP contribution in [0.4, 0.5) is 11.4 Å². The number of hydrogen-bond donors (Lipinski definition) is 0. The highest BCUT2D eigenvalue weighted by Crippen LogP contribution is 2.52. The van der Waals surface area contributed by atoms with Gasteiger partial charge in [0.25, 0.3) is 0 Å². The maximum atomic E-state index is 2.45. The molecule has 1 heteroatoms. The summed E-state index contributed by atoms with van der Waals surface area (Å²) in [6.45, 7) is 0. The molecule has 2 aromatic carbocycles. The highest BCUT2D eigenvalue weighted by atomic mass is 15.1. The molecule has 0 saturated carbocycles. The fraction of sp³-hybridized carbons (Fsp3) is 0.263. The Hall–Kier alpha value is -2.02. The molecule has 0 bridgehead atoms. The summed E-state index contributed by atoms with van der Waals surface area (Å²) in [5.74, 6) is 0. The minimum absolute atomic E-state index is 0.0813. The molecule has 4 rings (SSSR count). The van der Waals surface area contributed by atoms with Crippen molar-refractivity contribution in [2.24, 2.45) is 0 Å². The second-order valence-electron chi connectivity index (χ2n) is 5.86. The van der Waals surface area contributed by atoms with E-state index in [0.29, 0.717) is 0 Å². The molecular formula is C19H19N. The molecule has 0 unspecified atom stereocenters. The number of nitrogens with zero attached hydrogens (tertiary/aromatic N) is 1. The normalized spacial score (nSPS) is 18.8. The molecule has 1 aliphatic heterocycles. The summed E-state index contributed by atoms with van der Waals surface area (Å²) in [6, 6.07) is 17.7. The number of para-hydroxylation sites is 2. The zero-order chi connectivity index (χ0) is 13.6. The van der Waals surface area contributed by atoms with Gasteiger partial charge in [0.15, 0.2) is 0 Å². The largest absolute Gasteiger partial charge is 0.344 e. The maximum Gasteiger partial charge on any atom is 0.0453 e. The number of allylic oxidation sites excluding steroid dienone is 2. The van der Waals surface area contributed by atoms with Crippen molar-refractivity contribution in [3.63, 3.8) is 0 Å². The molecule has 1 aliphatic carbocycles. The van der Waals surface area contributed by atoms with E-state index in [1.165, 1.54) is 41.8 Å². The summed E-state index contributed by atoms with van der Waals surface area (Å²) >= 11 is 0.